The molecule has 0 bridgehead atoms. The Bertz CT molecular complexity index is 1330. The lowest BCUT2D eigenvalue weighted by molar-refractivity contribution is -0.121. The van der Waals surface area contributed by atoms with Crippen molar-refractivity contribution in [3.05, 3.63) is 102 Å². The summed E-state index contributed by atoms with van der Waals surface area (Å²) in [5.41, 5.74) is 4.29. The Morgan fingerprint density at radius 3 is 2.46 bits per heavy atom. The van der Waals surface area contributed by atoms with Crippen LogP contribution in [0.2, 0.25) is 0 Å². The van der Waals surface area contributed by atoms with E-state index in [0.29, 0.717) is 19.5 Å². The van der Waals surface area contributed by atoms with Gasteiger partial charge in [-0.25, -0.2) is 4.39 Å². The van der Waals surface area contributed by atoms with Crippen molar-refractivity contribution in [2.75, 3.05) is 33.3 Å². The summed E-state index contributed by atoms with van der Waals surface area (Å²) in [7, 11) is 1.66. The molecule has 5 nitrogen and oxygen atoms in total. The smallest absolute Gasteiger partial charge is 0.220 e. The maximum absolute atomic E-state index is 13.5. The summed E-state index contributed by atoms with van der Waals surface area (Å²) in [4.78, 5) is 15.6. The van der Waals surface area contributed by atoms with Crippen LogP contribution in [0.1, 0.15) is 41.9 Å². The Labute approximate surface area is 217 Å². The fourth-order valence-electron chi connectivity index (χ4n) is 5.33. The molecule has 1 aliphatic rings. The predicted molar refractivity (Wildman–Crippen MR) is 146 cm³/mol. The van der Waals surface area contributed by atoms with Crippen molar-refractivity contribution < 1.29 is 13.9 Å². The van der Waals surface area contributed by atoms with Crippen molar-refractivity contribution in [1.82, 2.24) is 14.8 Å². The number of benzene rings is 3. The summed E-state index contributed by atoms with van der Waals surface area (Å²) < 4.78 is 21.0. The van der Waals surface area contributed by atoms with Gasteiger partial charge in [0.15, 0.2) is 0 Å². The maximum atomic E-state index is 13.5. The molecule has 2 heterocycles. The summed E-state index contributed by atoms with van der Waals surface area (Å²) in [6.45, 7) is 4.43. The molecule has 1 N–H and O–H groups in total. The average molecular weight is 500 g/mol. The van der Waals surface area contributed by atoms with Crippen molar-refractivity contribution in [3.63, 3.8) is 0 Å². The highest BCUT2D eigenvalue weighted by Crippen LogP contribution is 2.35. The Morgan fingerprint density at radius 2 is 1.73 bits per heavy atom. The lowest BCUT2D eigenvalue weighted by atomic mass is 9.88. The van der Waals surface area contributed by atoms with Crippen molar-refractivity contribution in [1.29, 1.82) is 0 Å². The number of likely N-dealkylation sites (tertiary alicyclic amines) is 1. The van der Waals surface area contributed by atoms with Gasteiger partial charge in [0.1, 0.15) is 11.6 Å². The normalized spacial score (nSPS) is 14.6. The molecule has 37 heavy (non-hydrogen) atoms. The Balaban J connectivity index is 1.44. The predicted octanol–water partition coefficient (Wildman–Crippen LogP) is 5.57. The van der Waals surface area contributed by atoms with Crippen LogP contribution in [0.25, 0.3) is 10.9 Å². The molecule has 0 unspecified atom stereocenters. The molecule has 4 aromatic rings. The van der Waals surface area contributed by atoms with Crippen molar-refractivity contribution >= 4 is 16.8 Å². The number of aromatic nitrogens is 1. The van der Waals surface area contributed by atoms with Gasteiger partial charge in [0.25, 0.3) is 0 Å². The van der Waals surface area contributed by atoms with E-state index >= 15 is 0 Å². The Hall–Kier alpha value is -3.64. The second-order valence-corrected chi connectivity index (χ2v) is 9.78. The molecule has 5 rings (SSSR count). The Morgan fingerprint density at radius 1 is 1.00 bits per heavy atom. The first kappa shape index (κ1) is 25.0. The number of amides is 1. The van der Waals surface area contributed by atoms with Gasteiger partial charge in [0.2, 0.25) is 5.91 Å². The molecule has 1 fully saturated rings. The zero-order valence-corrected chi connectivity index (χ0v) is 21.3. The number of hydrogen-bond donors (Lipinski definition) is 1. The van der Waals surface area contributed by atoms with Crippen molar-refractivity contribution in [3.8, 4) is 5.75 Å². The van der Waals surface area contributed by atoms with E-state index in [2.05, 4.69) is 33.1 Å². The van der Waals surface area contributed by atoms with Crippen LogP contribution in [0.5, 0.6) is 5.75 Å². The number of hydrogen-bond acceptors (Lipinski definition) is 3. The number of nitrogens with one attached hydrogen (secondary N) is 1. The molecular formula is C31H34FN3O2. The third-order valence-electron chi connectivity index (χ3n) is 7.32. The van der Waals surface area contributed by atoms with Crippen LogP contribution in [0.3, 0.4) is 0 Å². The van der Waals surface area contributed by atoms with Gasteiger partial charge in [-0.05, 0) is 73.0 Å². The lowest BCUT2D eigenvalue weighted by Gasteiger charge is -2.19. The van der Waals surface area contributed by atoms with Crippen LogP contribution < -0.4 is 10.1 Å². The molecular weight excluding hydrogens is 465 g/mol. The molecule has 1 aliphatic heterocycles. The number of rotatable bonds is 10. The molecule has 192 valence electrons. The van der Waals surface area contributed by atoms with Crippen LogP contribution in [0, 0.1) is 5.82 Å². The van der Waals surface area contributed by atoms with E-state index in [1.807, 2.05) is 48.5 Å². The summed E-state index contributed by atoms with van der Waals surface area (Å²) >= 11 is 0. The summed E-state index contributed by atoms with van der Waals surface area (Å²) in [6, 6.07) is 22.9. The molecule has 0 radical (unpaired) electrons. The number of halogens is 1. The number of ether oxygens (including phenoxy) is 1. The van der Waals surface area contributed by atoms with Gasteiger partial charge in [-0.3, -0.25) is 4.79 Å². The van der Waals surface area contributed by atoms with Crippen LogP contribution in [0.15, 0.2) is 79.0 Å². The molecule has 0 saturated carbocycles. The quantitative estimate of drug-likeness (QED) is 0.310. The second-order valence-electron chi connectivity index (χ2n) is 9.78. The lowest BCUT2D eigenvalue weighted by Crippen LogP contribution is -2.34. The first-order valence-electron chi connectivity index (χ1n) is 13.1. The van der Waals surface area contributed by atoms with Gasteiger partial charge in [0, 0.05) is 49.1 Å². The zero-order chi connectivity index (χ0) is 25.6. The number of para-hydroxylation sites is 1. The van der Waals surface area contributed by atoms with E-state index in [1.165, 1.54) is 25.0 Å². The fraction of sp³-hybridized carbons (Fsp3) is 0.323. The minimum absolute atomic E-state index is 0.0513. The standard InChI is InChI=1S/C31H34FN3O2/c1-37-26-14-10-24(11-15-26)28(20-31(36)33-16-19-34-17-4-5-18-34)29-22-35(30-7-3-2-6-27(29)30)21-23-8-12-25(32)13-9-23/h2-3,6-15,22,28H,4-5,16-21H2,1H3,(H,33,36)/t28-/m1/s1. The van der Waals surface area contributed by atoms with E-state index in [0.717, 1.165) is 53.0 Å². The maximum Gasteiger partial charge on any atom is 0.220 e. The number of nitrogens with zero attached hydrogens (tertiary/aromatic N) is 2. The van der Waals surface area contributed by atoms with E-state index < -0.39 is 0 Å². The highest BCUT2D eigenvalue weighted by Gasteiger charge is 2.23. The topological polar surface area (TPSA) is 46.5 Å². The highest BCUT2D eigenvalue weighted by molar-refractivity contribution is 5.86. The van der Waals surface area contributed by atoms with Gasteiger partial charge in [-0.2, -0.15) is 0 Å². The number of carbonyl (C=O) groups is 1. The molecule has 0 aliphatic carbocycles. The first-order chi connectivity index (χ1) is 18.1. The van der Waals surface area contributed by atoms with E-state index in [1.54, 1.807) is 7.11 Å². The first-order valence-corrected chi connectivity index (χ1v) is 13.1. The van der Waals surface area contributed by atoms with Crippen LogP contribution in [-0.4, -0.2) is 48.7 Å². The van der Waals surface area contributed by atoms with Crippen LogP contribution in [-0.2, 0) is 11.3 Å². The number of carbonyl (C=O) groups excluding carboxylic acids is 1. The molecule has 0 spiro atoms. The molecule has 1 saturated heterocycles. The van der Waals surface area contributed by atoms with Crippen molar-refractivity contribution in [2.24, 2.45) is 0 Å². The molecule has 1 atom stereocenters. The van der Waals surface area contributed by atoms with Crippen molar-refractivity contribution in [2.45, 2.75) is 31.7 Å². The fourth-order valence-corrected chi connectivity index (χ4v) is 5.33. The average Bonchev–Trinajstić information content (AvgIpc) is 3.57. The van der Waals surface area contributed by atoms with Gasteiger partial charge in [-0.1, -0.05) is 42.5 Å². The number of methoxy groups -OCH3 is 1. The Kier molecular flexibility index (Phi) is 7.85. The minimum atomic E-state index is -0.239. The summed E-state index contributed by atoms with van der Waals surface area (Å²) in [5.74, 6) is 0.487. The molecule has 1 amide bonds. The molecule has 3 aromatic carbocycles. The highest BCUT2D eigenvalue weighted by atomic mass is 19.1. The third-order valence-corrected chi connectivity index (χ3v) is 7.32. The van der Waals surface area contributed by atoms with E-state index in [4.69, 9.17) is 4.74 Å². The molecule has 1 aromatic heterocycles. The third kappa shape index (κ3) is 6.03. The van der Waals surface area contributed by atoms with Crippen LogP contribution in [0.4, 0.5) is 4.39 Å². The second kappa shape index (κ2) is 11.6. The summed E-state index contributed by atoms with van der Waals surface area (Å²) in [5, 5.41) is 4.28. The van der Waals surface area contributed by atoms with E-state index in [-0.39, 0.29) is 17.6 Å². The molecule has 6 heteroatoms. The SMILES string of the molecule is COc1ccc([C@@H](CC(=O)NCCN2CCCC2)c2cn(Cc3ccc(F)cc3)c3ccccc23)cc1. The van der Waals surface area contributed by atoms with Gasteiger partial charge in [-0.15, -0.1) is 0 Å². The van der Waals surface area contributed by atoms with Crippen LogP contribution >= 0.6 is 0 Å². The minimum Gasteiger partial charge on any atom is -0.497 e. The number of fused-ring (bicyclic) bond motifs is 1. The van der Waals surface area contributed by atoms with Gasteiger partial charge >= 0.3 is 0 Å². The largest absolute Gasteiger partial charge is 0.497 e. The van der Waals surface area contributed by atoms with E-state index in [9.17, 15) is 9.18 Å². The summed E-state index contributed by atoms with van der Waals surface area (Å²) in [6.07, 6.45) is 5.00. The monoisotopic (exact) mass is 499 g/mol. The van der Waals surface area contributed by atoms with Gasteiger partial charge in [0.05, 0.1) is 7.11 Å². The zero-order valence-electron chi connectivity index (χ0n) is 21.3. The van der Waals surface area contributed by atoms with Gasteiger partial charge < -0.3 is 19.5 Å².